The summed E-state index contributed by atoms with van der Waals surface area (Å²) in [5.41, 5.74) is 0.525. The van der Waals surface area contributed by atoms with Crippen molar-refractivity contribution < 1.29 is 27.4 Å². The molecule has 1 aliphatic heterocycles. The van der Waals surface area contributed by atoms with E-state index >= 15 is 0 Å². The Morgan fingerprint density at radius 3 is 2.71 bits per heavy atom. The lowest BCUT2D eigenvalue weighted by Gasteiger charge is -2.33. The molecule has 0 aliphatic carbocycles. The highest BCUT2D eigenvalue weighted by atomic mass is 19.4. The first-order chi connectivity index (χ1) is 16.3. The average Bonchev–Trinajstić information content (AvgIpc) is 3.49. The number of methoxy groups -OCH3 is 2. The van der Waals surface area contributed by atoms with E-state index < -0.39 is 24.2 Å². The number of aryl methyl sites for hydroxylation is 1. The van der Waals surface area contributed by atoms with Crippen LogP contribution >= 0.6 is 0 Å². The highest BCUT2D eigenvalue weighted by molar-refractivity contribution is 5.93. The largest absolute Gasteiger partial charge is 0.493 e. The number of ether oxygens (including phenoxy) is 2. The molecule has 1 aliphatic rings. The highest BCUT2D eigenvalue weighted by Crippen LogP contribution is 2.44. The maximum atomic E-state index is 13.9. The van der Waals surface area contributed by atoms with Gasteiger partial charge in [-0.1, -0.05) is 6.07 Å². The number of fused-ring (bicyclic) bond motifs is 1. The van der Waals surface area contributed by atoms with Gasteiger partial charge in [-0.25, -0.2) is 9.67 Å². The molecule has 1 aromatic carbocycles. The molecule has 0 saturated carbocycles. The number of carbonyl (C=O) groups is 1. The molecular formula is C22H25F3N6O3. The summed E-state index contributed by atoms with van der Waals surface area (Å²) >= 11 is 0. The van der Waals surface area contributed by atoms with Crippen LogP contribution in [0.2, 0.25) is 0 Å². The summed E-state index contributed by atoms with van der Waals surface area (Å²) in [5, 5.41) is 9.76. The summed E-state index contributed by atoms with van der Waals surface area (Å²) in [5.74, 6) is 0.488. The molecule has 0 bridgehead atoms. The first-order valence-electron chi connectivity index (χ1n) is 10.7. The molecule has 0 spiro atoms. The van der Waals surface area contributed by atoms with Crippen LogP contribution in [0.3, 0.4) is 0 Å². The zero-order chi connectivity index (χ0) is 24.3. The Balaban J connectivity index is 1.51. The number of nitrogens with zero attached hydrogens (tertiary/aromatic N) is 4. The van der Waals surface area contributed by atoms with Gasteiger partial charge in [0.2, 0.25) is 0 Å². The van der Waals surface area contributed by atoms with Crippen molar-refractivity contribution in [3.05, 3.63) is 54.2 Å². The number of nitrogens with one attached hydrogen (secondary N) is 2. The fourth-order valence-corrected chi connectivity index (χ4v) is 3.95. The minimum absolute atomic E-state index is 0.0765. The summed E-state index contributed by atoms with van der Waals surface area (Å²) < 4.78 is 55.0. The van der Waals surface area contributed by atoms with Gasteiger partial charge in [-0.15, -0.1) is 0 Å². The average molecular weight is 478 g/mol. The van der Waals surface area contributed by atoms with E-state index in [1.54, 1.807) is 30.7 Å². The van der Waals surface area contributed by atoms with Crippen molar-refractivity contribution >= 4 is 11.7 Å². The number of carbonyl (C=O) groups excluding carboxylic acids is 1. The number of halogens is 3. The van der Waals surface area contributed by atoms with Crippen molar-refractivity contribution in [3.8, 4) is 11.5 Å². The highest BCUT2D eigenvalue weighted by Gasteiger charge is 2.47. The molecule has 3 aromatic rings. The van der Waals surface area contributed by atoms with E-state index in [1.807, 2.05) is 10.8 Å². The molecule has 9 nitrogen and oxygen atoms in total. The van der Waals surface area contributed by atoms with E-state index in [2.05, 4.69) is 20.7 Å². The van der Waals surface area contributed by atoms with Gasteiger partial charge in [0.1, 0.15) is 5.82 Å². The standard InChI is InChI=1S/C22H25F3N6O3/c1-33-17-5-4-14(10-18(17)34-2)15-11-19(22(23,24)25)31-20(28-15)12-16(29-31)21(32)27-6-3-8-30-9-7-26-13-30/h4-5,7,9-10,12-13,15,19,28H,3,6,8,11H2,1-2H3,(H,27,32)/t15-,19-/m1/s1. The second-order valence-corrected chi connectivity index (χ2v) is 7.87. The van der Waals surface area contributed by atoms with E-state index in [0.29, 0.717) is 36.6 Å². The molecule has 0 saturated heterocycles. The van der Waals surface area contributed by atoms with Crippen LogP contribution in [0.1, 0.15) is 41.0 Å². The minimum Gasteiger partial charge on any atom is -0.493 e. The lowest BCUT2D eigenvalue weighted by atomic mass is 9.96. The van der Waals surface area contributed by atoms with Crippen LogP contribution in [0, 0.1) is 0 Å². The zero-order valence-corrected chi connectivity index (χ0v) is 18.7. The topological polar surface area (TPSA) is 95.2 Å². The van der Waals surface area contributed by atoms with Crippen molar-refractivity contribution in [1.82, 2.24) is 24.6 Å². The van der Waals surface area contributed by atoms with E-state index in [4.69, 9.17) is 9.47 Å². The van der Waals surface area contributed by atoms with E-state index in [1.165, 1.54) is 20.3 Å². The molecule has 182 valence electrons. The number of hydrogen-bond acceptors (Lipinski definition) is 6. The molecule has 0 fully saturated rings. The van der Waals surface area contributed by atoms with Crippen LogP contribution in [0.4, 0.5) is 19.0 Å². The molecular weight excluding hydrogens is 453 g/mol. The van der Waals surface area contributed by atoms with Crippen molar-refractivity contribution in [2.24, 2.45) is 0 Å². The second-order valence-electron chi connectivity index (χ2n) is 7.87. The van der Waals surface area contributed by atoms with Gasteiger partial charge in [-0.2, -0.15) is 18.3 Å². The Morgan fingerprint density at radius 2 is 2.03 bits per heavy atom. The van der Waals surface area contributed by atoms with Crippen LogP contribution in [0.25, 0.3) is 0 Å². The van der Waals surface area contributed by atoms with Crippen LogP contribution in [-0.2, 0) is 6.54 Å². The SMILES string of the molecule is COc1ccc([C@H]2C[C@H](C(F)(F)F)n3nc(C(=O)NCCCn4ccnc4)cc3N2)cc1OC. The van der Waals surface area contributed by atoms with Gasteiger partial charge in [0, 0.05) is 38.0 Å². The molecule has 2 atom stereocenters. The maximum absolute atomic E-state index is 13.9. The fraction of sp³-hybridized carbons (Fsp3) is 0.409. The third kappa shape index (κ3) is 4.95. The lowest BCUT2D eigenvalue weighted by molar-refractivity contribution is -0.173. The third-order valence-electron chi connectivity index (χ3n) is 5.67. The number of amides is 1. The van der Waals surface area contributed by atoms with Gasteiger partial charge >= 0.3 is 6.18 Å². The zero-order valence-electron chi connectivity index (χ0n) is 18.7. The van der Waals surface area contributed by atoms with Crippen molar-refractivity contribution in [2.75, 3.05) is 26.1 Å². The van der Waals surface area contributed by atoms with E-state index in [9.17, 15) is 18.0 Å². The number of anilines is 1. The van der Waals surface area contributed by atoms with Gasteiger partial charge in [0.05, 0.1) is 26.6 Å². The van der Waals surface area contributed by atoms with Gasteiger partial charge < -0.3 is 24.7 Å². The molecule has 34 heavy (non-hydrogen) atoms. The normalized spacial score (nSPS) is 17.6. The summed E-state index contributed by atoms with van der Waals surface area (Å²) in [4.78, 5) is 16.5. The maximum Gasteiger partial charge on any atom is 0.410 e. The third-order valence-corrected chi connectivity index (χ3v) is 5.67. The molecule has 3 heterocycles. The molecule has 2 aromatic heterocycles. The number of rotatable bonds is 8. The molecule has 2 N–H and O–H groups in total. The first-order valence-corrected chi connectivity index (χ1v) is 10.7. The van der Waals surface area contributed by atoms with Crippen molar-refractivity contribution in [1.29, 1.82) is 0 Å². The second kappa shape index (κ2) is 9.65. The van der Waals surface area contributed by atoms with Crippen LogP contribution in [0.15, 0.2) is 43.0 Å². The lowest BCUT2D eigenvalue weighted by Crippen LogP contribution is -2.35. The van der Waals surface area contributed by atoms with Crippen molar-refractivity contribution in [3.63, 3.8) is 0 Å². The Morgan fingerprint density at radius 1 is 1.24 bits per heavy atom. The summed E-state index contributed by atoms with van der Waals surface area (Å²) in [6.07, 6.45) is 0.940. The number of aromatic nitrogens is 4. The van der Waals surface area contributed by atoms with Crippen LogP contribution in [0.5, 0.6) is 11.5 Å². The minimum atomic E-state index is -4.55. The molecule has 12 heteroatoms. The number of hydrogen-bond donors (Lipinski definition) is 2. The molecule has 1 amide bonds. The predicted molar refractivity (Wildman–Crippen MR) is 117 cm³/mol. The number of imidazole rings is 1. The molecule has 4 rings (SSSR count). The van der Waals surface area contributed by atoms with Gasteiger partial charge in [-0.3, -0.25) is 4.79 Å². The number of alkyl halides is 3. The Bertz CT molecular complexity index is 1130. The number of benzene rings is 1. The Hall–Kier alpha value is -3.70. The van der Waals surface area contributed by atoms with E-state index in [0.717, 1.165) is 4.68 Å². The van der Waals surface area contributed by atoms with Gasteiger partial charge in [-0.05, 0) is 24.1 Å². The quantitative estimate of drug-likeness (QED) is 0.481. The summed E-state index contributed by atoms with van der Waals surface area (Å²) in [6.45, 7) is 1.01. The van der Waals surface area contributed by atoms with Crippen LogP contribution < -0.4 is 20.1 Å². The molecule has 0 unspecified atom stereocenters. The van der Waals surface area contributed by atoms with Gasteiger partial charge in [0.25, 0.3) is 5.91 Å². The summed E-state index contributed by atoms with van der Waals surface area (Å²) in [7, 11) is 2.95. The predicted octanol–water partition coefficient (Wildman–Crippen LogP) is 3.58. The Labute approximate surface area is 193 Å². The van der Waals surface area contributed by atoms with Crippen LogP contribution in [-0.4, -0.2) is 52.2 Å². The first kappa shape index (κ1) is 23.5. The smallest absolute Gasteiger partial charge is 0.410 e. The Kier molecular flexibility index (Phi) is 6.66. The van der Waals surface area contributed by atoms with Gasteiger partial charge in [0.15, 0.2) is 23.2 Å². The van der Waals surface area contributed by atoms with Crippen molar-refractivity contribution in [2.45, 2.75) is 37.6 Å². The molecule has 0 radical (unpaired) electrons. The monoisotopic (exact) mass is 478 g/mol. The summed E-state index contributed by atoms with van der Waals surface area (Å²) in [6, 6.07) is 3.77. The fourth-order valence-electron chi connectivity index (χ4n) is 3.95. The van der Waals surface area contributed by atoms with E-state index in [-0.39, 0.29) is 17.9 Å².